The molecule has 0 aliphatic rings. The summed E-state index contributed by atoms with van der Waals surface area (Å²) in [6, 6.07) is 14.5. The number of carbonyl (C=O) groups is 1. The number of carbonyl (C=O) groups excluding carboxylic acids is 1. The highest BCUT2D eigenvalue weighted by Gasteiger charge is 2.20. The number of hydrogen-bond acceptors (Lipinski definition) is 3. The molecule has 5 heteroatoms. The normalized spacial score (nSPS) is 12.6. The number of sulfone groups is 1. The Balaban J connectivity index is 2.24. The Morgan fingerprint density at radius 1 is 1.12 bits per heavy atom. The monoisotopic (exact) mass is 345 g/mol. The SMILES string of the molecule is CCCC(C(=O)Nc1ccc(S(C)(=O)=O)cc1C)c1ccccc1. The maximum atomic E-state index is 12.7. The van der Waals surface area contributed by atoms with Crippen molar-refractivity contribution in [1.82, 2.24) is 0 Å². The van der Waals surface area contributed by atoms with Gasteiger partial charge >= 0.3 is 0 Å². The topological polar surface area (TPSA) is 63.2 Å². The van der Waals surface area contributed by atoms with E-state index < -0.39 is 9.84 Å². The predicted octanol–water partition coefficient (Wildman–Crippen LogP) is 3.92. The number of amides is 1. The van der Waals surface area contributed by atoms with E-state index in [0.717, 1.165) is 24.0 Å². The first-order valence-electron chi connectivity index (χ1n) is 7.99. The van der Waals surface area contributed by atoms with Crippen LogP contribution in [0.1, 0.15) is 36.8 Å². The van der Waals surface area contributed by atoms with Crippen molar-refractivity contribution < 1.29 is 13.2 Å². The highest BCUT2D eigenvalue weighted by molar-refractivity contribution is 7.90. The second-order valence-electron chi connectivity index (χ2n) is 5.99. The zero-order chi connectivity index (χ0) is 17.7. The summed E-state index contributed by atoms with van der Waals surface area (Å²) in [6.07, 6.45) is 2.84. The summed E-state index contributed by atoms with van der Waals surface area (Å²) in [4.78, 5) is 13.0. The van der Waals surface area contributed by atoms with Crippen LogP contribution in [0.2, 0.25) is 0 Å². The number of aryl methyl sites for hydroxylation is 1. The zero-order valence-corrected chi connectivity index (χ0v) is 15.1. The van der Waals surface area contributed by atoms with E-state index in [-0.39, 0.29) is 16.7 Å². The molecular formula is C19H23NO3S. The van der Waals surface area contributed by atoms with Crippen molar-refractivity contribution >= 4 is 21.4 Å². The fourth-order valence-corrected chi connectivity index (χ4v) is 3.36. The first kappa shape index (κ1) is 18.2. The van der Waals surface area contributed by atoms with E-state index in [1.54, 1.807) is 19.1 Å². The third kappa shape index (κ3) is 4.45. The maximum absolute atomic E-state index is 12.7. The Morgan fingerprint density at radius 3 is 2.33 bits per heavy atom. The molecule has 128 valence electrons. The fraction of sp³-hybridized carbons (Fsp3) is 0.316. The van der Waals surface area contributed by atoms with Crippen LogP contribution in [-0.4, -0.2) is 20.6 Å². The molecule has 0 radical (unpaired) electrons. The number of hydrogen-bond donors (Lipinski definition) is 1. The molecule has 2 aromatic rings. The van der Waals surface area contributed by atoms with Gasteiger partial charge in [0.1, 0.15) is 0 Å². The van der Waals surface area contributed by atoms with Gasteiger partial charge in [0.25, 0.3) is 0 Å². The van der Waals surface area contributed by atoms with Crippen molar-refractivity contribution in [2.24, 2.45) is 0 Å². The average molecular weight is 345 g/mol. The van der Waals surface area contributed by atoms with Gasteiger partial charge in [-0.3, -0.25) is 4.79 Å². The van der Waals surface area contributed by atoms with Crippen molar-refractivity contribution in [3.8, 4) is 0 Å². The molecule has 0 saturated carbocycles. The minimum absolute atomic E-state index is 0.0711. The van der Waals surface area contributed by atoms with Gasteiger partial charge < -0.3 is 5.32 Å². The molecule has 0 spiro atoms. The molecule has 1 atom stereocenters. The van der Waals surface area contributed by atoms with Gasteiger partial charge in [-0.25, -0.2) is 8.42 Å². The van der Waals surface area contributed by atoms with Gasteiger partial charge in [-0.05, 0) is 42.7 Å². The van der Waals surface area contributed by atoms with E-state index in [0.29, 0.717) is 5.69 Å². The van der Waals surface area contributed by atoms with E-state index in [4.69, 9.17) is 0 Å². The van der Waals surface area contributed by atoms with Crippen molar-refractivity contribution in [2.75, 3.05) is 11.6 Å². The van der Waals surface area contributed by atoms with Gasteiger partial charge in [0.05, 0.1) is 10.8 Å². The summed E-state index contributed by atoms with van der Waals surface area (Å²) in [5.74, 6) is -0.288. The molecule has 1 unspecified atom stereocenters. The van der Waals surface area contributed by atoms with Crippen LogP contribution in [0.25, 0.3) is 0 Å². The summed E-state index contributed by atoms with van der Waals surface area (Å²) in [6.45, 7) is 3.84. The second kappa shape index (κ2) is 7.62. The molecule has 0 aliphatic carbocycles. The molecule has 24 heavy (non-hydrogen) atoms. The van der Waals surface area contributed by atoms with Gasteiger partial charge in [-0.15, -0.1) is 0 Å². The van der Waals surface area contributed by atoms with Crippen LogP contribution in [0.5, 0.6) is 0 Å². The van der Waals surface area contributed by atoms with E-state index in [1.807, 2.05) is 30.3 Å². The molecule has 4 nitrogen and oxygen atoms in total. The quantitative estimate of drug-likeness (QED) is 0.863. The maximum Gasteiger partial charge on any atom is 0.231 e. The second-order valence-corrected chi connectivity index (χ2v) is 8.01. The van der Waals surface area contributed by atoms with E-state index in [1.165, 1.54) is 12.3 Å². The fourth-order valence-electron chi connectivity index (χ4n) is 2.65. The van der Waals surface area contributed by atoms with Gasteiger partial charge in [-0.1, -0.05) is 43.7 Å². The minimum Gasteiger partial charge on any atom is -0.325 e. The third-order valence-corrected chi connectivity index (χ3v) is 5.09. The zero-order valence-electron chi connectivity index (χ0n) is 14.2. The molecule has 0 fully saturated rings. The number of anilines is 1. The van der Waals surface area contributed by atoms with Crippen LogP contribution in [0.3, 0.4) is 0 Å². The molecule has 0 aromatic heterocycles. The van der Waals surface area contributed by atoms with Crippen LogP contribution in [0.15, 0.2) is 53.4 Å². The molecule has 1 amide bonds. The number of rotatable bonds is 6. The molecule has 2 aromatic carbocycles. The third-order valence-electron chi connectivity index (χ3n) is 3.98. The van der Waals surface area contributed by atoms with Crippen molar-refractivity contribution in [2.45, 2.75) is 37.5 Å². The molecule has 0 heterocycles. The minimum atomic E-state index is -3.25. The Kier molecular flexibility index (Phi) is 5.78. The summed E-state index contributed by atoms with van der Waals surface area (Å²) in [5.41, 5.74) is 2.36. The molecule has 2 rings (SSSR count). The number of benzene rings is 2. The molecular weight excluding hydrogens is 322 g/mol. The summed E-state index contributed by atoms with van der Waals surface area (Å²) >= 11 is 0. The lowest BCUT2D eigenvalue weighted by atomic mass is 9.93. The van der Waals surface area contributed by atoms with E-state index in [9.17, 15) is 13.2 Å². The largest absolute Gasteiger partial charge is 0.325 e. The smallest absolute Gasteiger partial charge is 0.231 e. The number of nitrogens with one attached hydrogen (secondary N) is 1. The first-order chi connectivity index (χ1) is 11.3. The van der Waals surface area contributed by atoms with E-state index >= 15 is 0 Å². The average Bonchev–Trinajstić information content (AvgIpc) is 2.54. The highest BCUT2D eigenvalue weighted by atomic mass is 32.2. The van der Waals surface area contributed by atoms with Crippen LogP contribution < -0.4 is 5.32 Å². The van der Waals surface area contributed by atoms with Gasteiger partial charge in [0.15, 0.2) is 9.84 Å². The Hall–Kier alpha value is -2.14. The van der Waals surface area contributed by atoms with E-state index in [2.05, 4.69) is 12.2 Å². The lowest BCUT2D eigenvalue weighted by Gasteiger charge is -2.18. The van der Waals surface area contributed by atoms with Gasteiger partial charge in [-0.2, -0.15) is 0 Å². The van der Waals surface area contributed by atoms with Crippen LogP contribution >= 0.6 is 0 Å². The molecule has 0 saturated heterocycles. The van der Waals surface area contributed by atoms with Crippen LogP contribution in [0, 0.1) is 6.92 Å². The Morgan fingerprint density at radius 2 is 1.79 bits per heavy atom. The molecule has 0 bridgehead atoms. The first-order valence-corrected chi connectivity index (χ1v) is 9.88. The summed E-state index contributed by atoms with van der Waals surface area (Å²) in [7, 11) is -3.25. The standard InChI is InChI=1S/C19H23NO3S/c1-4-8-17(15-9-6-5-7-10-15)19(21)20-18-12-11-16(13-14(18)2)24(3,22)23/h5-7,9-13,17H,4,8H2,1-3H3,(H,20,21). The van der Waals surface area contributed by atoms with Gasteiger partial charge in [0, 0.05) is 11.9 Å². The lowest BCUT2D eigenvalue weighted by Crippen LogP contribution is -2.21. The summed E-state index contributed by atoms with van der Waals surface area (Å²) in [5, 5.41) is 2.94. The molecule has 0 aliphatic heterocycles. The van der Waals surface area contributed by atoms with Crippen molar-refractivity contribution in [3.63, 3.8) is 0 Å². The Labute approximate surface area is 143 Å². The van der Waals surface area contributed by atoms with Crippen LogP contribution in [-0.2, 0) is 14.6 Å². The molecule has 1 N–H and O–H groups in total. The van der Waals surface area contributed by atoms with Gasteiger partial charge in [0.2, 0.25) is 5.91 Å². The summed E-state index contributed by atoms with van der Waals surface area (Å²) < 4.78 is 23.2. The van der Waals surface area contributed by atoms with Crippen LogP contribution in [0.4, 0.5) is 5.69 Å². The predicted molar refractivity (Wildman–Crippen MR) is 97.0 cm³/mol. The Bertz CT molecular complexity index is 814. The highest BCUT2D eigenvalue weighted by Crippen LogP contribution is 2.25. The lowest BCUT2D eigenvalue weighted by molar-refractivity contribution is -0.117. The van der Waals surface area contributed by atoms with Crippen molar-refractivity contribution in [1.29, 1.82) is 0 Å². The van der Waals surface area contributed by atoms with Crippen molar-refractivity contribution in [3.05, 3.63) is 59.7 Å².